The van der Waals surface area contributed by atoms with Gasteiger partial charge < -0.3 is 9.63 Å². The lowest BCUT2D eigenvalue weighted by Crippen LogP contribution is -2.26. The molecule has 2 rings (SSSR count). The maximum atomic E-state index is 12.1. The maximum Gasteiger partial charge on any atom is 0.241 e. The number of thiophene rings is 1. The van der Waals surface area contributed by atoms with Crippen LogP contribution in [0.4, 0.5) is 0 Å². The average molecular weight is 303 g/mol. The lowest BCUT2D eigenvalue weighted by molar-refractivity contribution is 0.285. The Bertz CT molecular complexity index is 634. The van der Waals surface area contributed by atoms with Gasteiger partial charge in [-0.2, -0.15) is 4.98 Å². The topological polar surface area (TPSA) is 105 Å². The van der Waals surface area contributed by atoms with Crippen LogP contribution in [-0.4, -0.2) is 30.2 Å². The molecule has 19 heavy (non-hydrogen) atoms. The van der Waals surface area contributed by atoms with E-state index >= 15 is 0 Å². The van der Waals surface area contributed by atoms with Crippen molar-refractivity contribution in [2.75, 3.05) is 6.54 Å². The van der Waals surface area contributed by atoms with Crippen molar-refractivity contribution in [3.05, 3.63) is 28.0 Å². The molecule has 104 valence electrons. The van der Waals surface area contributed by atoms with Crippen molar-refractivity contribution in [3.63, 3.8) is 0 Å². The van der Waals surface area contributed by atoms with Crippen LogP contribution in [0.1, 0.15) is 15.6 Å². The second-order valence-electron chi connectivity index (χ2n) is 3.79. The molecule has 2 aromatic rings. The third-order valence-corrected chi connectivity index (χ3v) is 5.17. The second kappa shape index (κ2) is 5.78. The summed E-state index contributed by atoms with van der Waals surface area (Å²) in [5.41, 5.74) is 0. The zero-order valence-corrected chi connectivity index (χ0v) is 11.8. The first-order chi connectivity index (χ1) is 9.03. The monoisotopic (exact) mass is 303 g/mol. The summed E-state index contributed by atoms with van der Waals surface area (Å²) in [5, 5.41) is 12.6. The molecule has 0 unspecified atom stereocenters. The van der Waals surface area contributed by atoms with Crippen LogP contribution in [-0.2, 0) is 23.1 Å². The molecule has 0 bridgehead atoms. The van der Waals surface area contributed by atoms with Crippen molar-refractivity contribution in [1.82, 2.24) is 14.9 Å². The zero-order chi connectivity index (χ0) is 13.9. The van der Waals surface area contributed by atoms with Gasteiger partial charge in [-0.05, 0) is 13.0 Å². The first-order valence-corrected chi connectivity index (χ1v) is 7.78. The van der Waals surface area contributed by atoms with Gasteiger partial charge in [0.05, 0.1) is 11.5 Å². The van der Waals surface area contributed by atoms with Crippen LogP contribution >= 0.6 is 11.3 Å². The maximum absolute atomic E-state index is 12.1. The van der Waals surface area contributed by atoms with Crippen molar-refractivity contribution < 1.29 is 18.0 Å². The Morgan fingerprint density at radius 1 is 1.53 bits per heavy atom. The number of aliphatic hydroxyl groups excluding tert-OH is 1. The molecule has 0 fully saturated rings. The molecule has 0 spiro atoms. The van der Waals surface area contributed by atoms with E-state index in [1.54, 1.807) is 6.92 Å². The third-order valence-electron chi connectivity index (χ3n) is 2.42. The Labute approximate surface area is 114 Å². The van der Waals surface area contributed by atoms with Gasteiger partial charge in [0, 0.05) is 22.7 Å². The smallest absolute Gasteiger partial charge is 0.241 e. The highest BCUT2D eigenvalue weighted by atomic mass is 32.2. The number of nitrogens with one attached hydrogen (secondary N) is 1. The van der Waals surface area contributed by atoms with Gasteiger partial charge in [-0.1, -0.05) is 5.16 Å². The molecule has 9 heteroatoms. The van der Waals surface area contributed by atoms with E-state index in [9.17, 15) is 8.42 Å². The highest BCUT2D eigenvalue weighted by molar-refractivity contribution is 7.89. The minimum absolute atomic E-state index is 0.163. The zero-order valence-electron chi connectivity index (χ0n) is 10.2. The number of sulfonamides is 1. The number of aliphatic hydroxyl groups is 1. The number of aryl methyl sites for hydroxylation is 1. The molecule has 0 saturated heterocycles. The molecule has 0 saturated carbocycles. The fraction of sp³-hybridized carbons (Fsp3) is 0.400. The summed E-state index contributed by atoms with van der Waals surface area (Å²) in [6, 6.07) is 1.48. The Balaban J connectivity index is 2.03. The summed E-state index contributed by atoms with van der Waals surface area (Å²) >= 11 is 1.26. The van der Waals surface area contributed by atoms with Crippen LogP contribution in [0, 0.1) is 6.92 Å². The van der Waals surface area contributed by atoms with Crippen molar-refractivity contribution in [2.24, 2.45) is 0 Å². The van der Waals surface area contributed by atoms with Gasteiger partial charge in [-0.3, -0.25) is 0 Å². The number of hydrogen-bond acceptors (Lipinski definition) is 7. The summed E-state index contributed by atoms with van der Waals surface area (Å²) in [7, 11) is -3.57. The summed E-state index contributed by atoms with van der Waals surface area (Å²) in [6.07, 6.45) is 1.55. The van der Waals surface area contributed by atoms with Gasteiger partial charge in [-0.25, -0.2) is 13.1 Å². The predicted octanol–water partition coefficient (Wildman–Crippen LogP) is 0.453. The van der Waals surface area contributed by atoms with E-state index in [-0.39, 0.29) is 18.0 Å². The molecule has 7 nitrogen and oxygen atoms in total. The largest absolute Gasteiger partial charge is 0.391 e. The minimum atomic E-state index is -3.57. The summed E-state index contributed by atoms with van der Waals surface area (Å²) in [6.45, 7) is 1.73. The summed E-state index contributed by atoms with van der Waals surface area (Å²) in [5.74, 6) is 0.445. The van der Waals surface area contributed by atoms with E-state index in [4.69, 9.17) is 5.11 Å². The Hall–Kier alpha value is -1.29. The number of hydrogen-bond donors (Lipinski definition) is 2. The fourth-order valence-corrected chi connectivity index (χ4v) is 4.07. The van der Waals surface area contributed by atoms with E-state index < -0.39 is 10.0 Å². The third kappa shape index (κ3) is 3.38. The molecule has 0 aromatic carbocycles. The number of aromatic nitrogens is 2. The highest BCUT2D eigenvalue weighted by Gasteiger charge is 2.19. The molecule has 0 radical (unpaired) electrons. The van der Waals surface area contributed by atoms with E-state index in [0.29, 0.717) is 22.0 Å². The van der Waals surface area contributed by atoms with E-state index in [0.717, 1.165) is 0 Å². The van der Waals surface area contributed by atoms with Gasteiger partial charge in [-0.15, -0.1) is 11.3 Å². The SMILES string of the molecule is Cc1sc(CO)cc1S(=O)(=O)NCCc1ncon1. The van der Waals surface area contributed by atoms with Crippen molar-refractivity contribution in [1.29, 1.82) is 0 Å². The number of rotatable bonds is 6. The molecule has 0 amide bonds. The normalized spacial score (nSPS) is 11.9. The summed E-state index contributed by atoms with van der Waals surface area (Å²) in [4.78, 5) is 5.27. The van der Waals surface area contributed by atoms with Gasteiger partial charge in [0.15, 0.2) is 5.82 Å². The van der Waals surface area contributed by atoms with Gasteiger partial charge in [0.2, 0.25) is 16.4 Å². The standard InChI is InChI=1S/C10H13N3O4S2/c1-7-9(4-8(5-14)18-7)19(15,16)12-3-2-10-11-6-17-13-10/h4,6,12,14H,2-3,5H2,1H3. The van der Waals surface area contributed by atoms with Crippen LogP contribution in [0.5, 0.6) is 0 Å². The molecular formula is C10H13N3O4S2. The number of nitrogens with zero attached hydrogens (tertiary/aromatic N) is 2. The van der Waals surface area contributed by atoms with E-state index in [1.807, 2.05) is 0 Å². The Morgan fingerprint density at radius 3 is 2.89 bits per heavy atom. The Morgan fingerprint density at radius 2 is 2.32 bits per heavy atom. The van der Waals surface area contributed by atoms with Crippen molar-refractivity contribution >= 4 is 21.4 Å². The second-order valence-corrected chi connectivity index (χ2v) is 6.86. The molecule has 2 aromatic heterocycles. The van der Waals surface area contributed by atoms with Crippen LogP contribution in [0.25, 0.3) is 0 Å². The lowest BCUT2D eigenvalue weighted by Gasteiger charge is -2.04. The first-order valence-electron chi connectivity index (χ1n) is 5.48. The molecule has 2 heterocycles. The molecule has 0 atom stereocenters. The van der Waals surface area contributed by atoms with Gasteiger partial charge >= 0.3 is 0 Å². The summed E-state index contributed by atoms with van der Waals surface area (Å²) < 4.78 is 31.1. The van der Waals surface area contributed by atoms with Crippen molar-refractivity contribution in [2.45, 2.75) is 24.8 Å². The average Bonchev–Trinajstić information content (AvgIpc) is 2.98. The molecular weight excluding hydrogens is 290 g/mol. The molecule has 0 aliphatic heterocycles. The Kier molecular flexibility index (Phi) is 4.30. The fourth-order valence-electron chi connectivity index (χ4n) is 1.55. The van der Waals surface area contributed by atoms with Crippen LogP contribution in [0.3, 0.4) is 0 Å². The molecule has 0 aliphatic carbocycles. The minimum Gasteiger partial charge on any atom is -0.391 e. The van der Waals surface area contributed by atoms with Crippen molar-refractivity contribution in [3.8, 4) is 0 Å². The van der Waals surface area contributed by atoms with E-state index in [1.165, 1.54) is 23.8 Å². The molecule has 0 aliphatic rings. The lowest BCUT2D eigenvalue weighted by atomic mass is 10.4. The quantitative estimate of drug-likeness (QED) is 0.803. The highest BCUT2D eigenvalue weighted by Crippen LogP contribution is 2.25. The molecule has 2 N–H and O–H groups in total. The van der Waals surface area contributed by atoms with Gasteiger partial charge in [0.1, 0.15) is 0 Å². The van der Waals surface area contributed by atoms with Crippen LogP contribution in [0.15, 0.2) is 21.9 Å². The predicted molar refractivity (Wildman–Crippen MR) is 68.2 cm³/mol. The van der Waals surface area contributed by atoms with Crippen LogP contribution < -0.4 is 4.72 Å². The first kappa shape index (κ1) is 14.1. The van der Waals surface area contributed by atoms with Crippen LogP contribution in [0.2, 0.25) is 0 Å². The van der Waals surface area contributed by atoms with E-state index in [2.05, 4.69) is 19.4 Å². The van der Waals surface area contributed by atoms with Gasteiger partial charge in [0.25, 0.3) is 0 Å².